The first-order valence-corrected chi connectivity index (χ1v) is 11.7. The highest BCUT2D eigenvalue weighted by Gasteiger charge is 2.00. The van der Waals surface area contributed by atoms with E-state index in [0.29, 0.717) is 13.0 Å². The number of aliphatic hydroxyl groups is 2. The van der Waals surface area contributed by atoms with Crippen LogP contribution < -0.4 is 0 Å². The quantitative estimate of drug-likeness (QED) is 0.181. The van der Waals surface area contributed by atoms with Crippen LogP contribution in [0.2, 0.25) is 0 Å². The molecule has 0 fully saturated rings. The van der Waals surface area contributed by atoms with E-state index in [0.717, 1.165) is 12.8 Å². The van der Waals surface area contributed by atoms with Gasteiger partial charge in [0.05, 0.1) is 25.4 Å². The Hall–Kier alpha value is -0.910. The molecule has 2 unspecified atom stereocenters. The third kappa shape index (κ3) is 32.0. The van der Waals surface area contributed by atoms with Gasteiger partial charge in [0.25, 0.3) is 0 Å². The number of carboxylic acid groups (broad SMARTS) is 1. The lowest BCUT2D eigenvalue weighted by atomic mass is 10.1. The van der Waals surface area contributed by atoms with E-state index in [1.807, 2.05) is 0 Å². The van der Waals surface area contributed by atoms with E-state index < -0.39 is 12.1 Å². The molecule has 29 heavy (non-hydrogen) atoms. The summed E-state index contributed by atoms with van der Waals surface area (Å²) in [7, 11) is 0. The lowest BCUT2D eigenvalue weighted by Crippen LogP contribution is -2.19. The highest BCUT2D eigenvalue weighted by Crippen LogP contribution is 2.09. The van der Waals surface area contributed by atoms with E-state index >= 15 is 0 Å². The van der Waals surface area contributed by atoms with E-state index in [9.17, 15) is 4.79 Å². The molecule has 0 bridgehead atoms. The molecule has 0 saturated carbocycles. The molecule has 174 valence electrons. The molecule has 5 nitrogen and oxygen atoms in total. The van der Waals surface area contributed by atoms with Crippen LogP contribution in [0.5, 0.6) is 0 Å². The van der Waals surface area contributed by atoms with Crippen LogP contribution in [0.3, 0.4) is 0 Å². The van der Waals surface area contributed by atoms with Gasteiger partial charge in [-0.25, -0.2) is 0 Å². The van der Waals surface area contributed by atoms with Crippen molar-refractivity contribution in [3.63, 3.8) is 0 Å². The van der Waals surface area contributed by atoms with Crippen molar-refractivity contribution in [2.24, 2.45) is 0 Å². The molecule has 0 aromatic heterocycles. The fourth-order valence-corrected chi connectivity index (χ4v) is 2.70. The van der Waals surface area contributed by atoms with Gasteiger partial charge >= 0.3 is 5.97 Å². The summed E-state index contributed by atoms with van der Waals surface area (Å²) in [5.74, 6) is -0.664. The van der Waals surface area contributed by atoms with Crippen molar-refractivity contribution in [3.05, 3.63) is 12.2 Å². The number of carboxylic acids is 1. The number of hydrogen-bond acceptors (Lipinski definition) is 4. The number of aliphatic hydroxyl groups excluding tert-OH is 2. The van der Waals surface area contributed by atoms with Crippen molar-refractivity contribution < 1.29 is 24.9 Å². The van der Waals surface area contributed by atoms with Crippen LogP contribution >= 0.6 is 0 Å². The number of carbonyl (C=O) groups is 1. The summed E-state index contributed by atoms with van der Waals surface area (Å²) in [5, 5.41) is 25.6. The first kappa shape index (κ1) is 30.3. The summed E-state index contributed by atoms with van der Waals surface area (Å²) in [5.41, 5.74) is 0. The van der Waals surface area contributed by atoms with Crippen molar-refractivity contribution in [2.45, 2.75) is 123 Å². The minimum Gasteiger partial charge on any atom is -0.481 e. The van der Waals surface area contributed by atoms with E-state index in [2.05, 4.69) is 19.1 Å². The zero-order valence-corrected chi connectivity index (χ0v) is 19.3. The lowest BCUT2D eigenvalue weighted by Gasteiger charge is -2.10. The van der Waals surface area contributed by atoms with Crippen molar-refractivity contribution in [1.29, 1.82) is 0 Å². The van der Waals surface area contributed by atoms with Gasteiger partial charge in [0.2, 0.25) is 0 Å². The molecule has 0 aliphatic rings. The molecule has 0 saturated heterocycles. The third-order valence-electron chi connectivity index (χ3n) is 4.53. The van der Waals surface area contributed by atoms with Gasteiger partial charge in [-0.3, -0.25) is 4.79 Å². The summed E-state index contributed by atoms with van der Waals surface area (Å²) in [6, 6.07) is 0. The molecule has 0 aliphatic carbocycles. The Balaban J connectivity index is 0. The maximum Gasteiger partial charge on any atom is 0.303 e. The summed E-state index contributed by atoms with van der Waals surface area (Å²) in [4.78, 5) is 10.3. The predicted octanol–water partition coefficient (Wildman–Crippen LogP) is 5.87. The zero-order chi connectivity index (χ0) is 22.2. The maximum atomic E-state index is 10.3. The van der Waals surface area contributed by atoms with Crippen molar-refractivity contribution in [3.8, 4) is 0 Å². The van der Waals surface area contributed by atoms with E-state index in [4.69, 9.17) is 20.1 Å². The molecule has 5 heteroatoms. The molecule has 0 amide bonds. The van der Waals surface area contributed by atoms with Crippen molar-refractivity contribution in [2.75, 3.05) is 13.2 Å². The first-order valence-electron chi connectivity index (χ1n) is 11.7. The lowest BCUT2D eigenvalue weighted by molar-refractivity contribution is -0.137. The minimum atomic E-state index is -0.664. The topological polar surface area (TPSA) is 87.0 Å². The number of unbranched alkanes of at least 4 members (excludes halogenated alkanes) is 11. The molecule has 0 radical (unpaired) electrons. The second-order valence-electron chi connectivity index (χ2n) is 7.90. The fraction of sp³-hybridized carbons (Fsp3) is 0.875. The van der Waals surface area contributed by atoms with Gasteiger partial charge in [-0.2, -0.15) is 0 Å². The maximum absolute atomic E-state index is 10.3. The predicted molar refractivity (Wildman–Crippen MR) is 121 cm³/mol. The van der Waals surface area contributed by atoms with Gasteiger partial charge in [0.15, 0.2) is 0 Å². The minimum absolute atomic E-state index is 0.00667. The van der Waals surface area contributed by atoms with Crippen LogP contribution in [0, 0.1) is 0 Å². The molecule has 0 aromatic carbocycles. The molecule has 0 heterocycles. The highest BCUT2D eigenvalue weighted by atomic mass is 16.5. The molecular formula is C24H48O5. The van der Waals surface area contributed by atoms with Gasteiger partial charge in [-0.1, -0.05) is 70.4 Å². The molecule has 0 rings (SSSR count). The Morgan fingerprint density at radius 2 is 1.34 bits per heavy atom. The summed E-state index contributed by atoms with van der Waals surface area (Å²) in [6.07, 6.45) is 20.6. The Bertz CT molecular complexity index is 355. The van der Waals surface area contributed by atoms with Crippen molar-refractivity contribution in [1.82, 2.24) is 0 Å². The Morgan fingerprint density at radius 1 is 0.862 bits per heavy atom. The summed E-state index contributed by atoms with van der Waals surface area (Å²) in [6.45, 7) is 5.95. The standard InChI is InChI=1S/C18H34O2.C6H14O3/c1-2-3-4-5-6-7-8-9-10-11-12-13-14-15-16-17-18(19)20;1-5(8)4-9-6(2)3-7/h9-10H,2-8,11-17H2,1H3,(H,19,20);5-8H,3-4H2,1-2H3. The highest BCUT2D eigenvalue weighted by molar-refractivity contribution is 5.66. The average molecular weight is 417 g/mol. The van der Waals surface area contributed by atoms with E-state index in [1.165, 1.54) is 70.6 Å². The van der Waals surface area contributed by atoms with Gasteiger partial charge in [-0.15, -0.1) is 0 Å². The summed E-state index contributed by atoms with van der Waals surface area (Å²) >= 11 is 0. The van der Waals surface area contributed by atoms with E-state index in [1.54, 1.807) is 13.8 Å². The number of ether oxygens (including phenoxy) is 1. The van der Waals surface area contributed by atoms with Gasteiger partial charge < -0.3 is 20.1 Å². The van der Waals surface area contributed by atoms with Crippen LogP contribution in [0.25, 0.3) is 0 Å². The SMILES string of the molecule is CC(O)COC(C)CO.CCCCCCCCC=CCCCCCCCC(=O)O. The molecule has 0 spiro atoms. The Labute approximate surface area is 179 Å². The molecule has 2 atom stereocenters. The van der Waals surface area contributed by atoms with Crippen LogP contribution in [-0.2, 0) is 9.53 Å². The average Bonchev–Trinajstić information content (AvgIpc) is 2.69. The molecular weight excluding hydrogens is 368 g/mol. The van der Waals surface area contributed by atoms with Crippen LogP contribution in [0.1, 0.15) is 111 Å². The first-order chi connectivity index (χ1) is 13.9. The van der Waals surface area contributed by atoms with Gasteiger partial charge in [0, 0.05) is 6.42 Å². The van der Waals surface area contributed by atoms with Crippen LogP contribution in [-0.4, -0.2) is 46.7 Å². The van der Waals surface area contributed by atoms with Gasteiger partial charge in [0.1, 0.15) is 0 Å². The largest absolute Gasteiger partial charge is 0.481 e. The van der Waals surface area contributed by atoms with Crippen LogP contribution in [0.15, 0.2) is 12.2 Å². The fourth-order valence-electron chi connectivity index (χ4n) is 2.70. The summed E-state index contributed by atoms with van der Waals surface area (Å²) < 4.78 is 4.95. The Morgan fingerprint density at radius 3 is 1.79 bits per heavy atom. The molecule has 0 aromatic rings. The van der Waals surface area contributed by atoms with E-state index in [-0.39, 0.29) is 12.7 Å². The molecule has 3 N–H and O–H groups in total. The number of allylic oxidation sites excluding steroid dienone is 2. The zero-order valence-electron chi connectivity index (χ0n) is 19.3. The third-order valence-corrected chi connectivity index (χ3v) is 4.53. The second kappa shape index (κ2) is 25.1. The van der Waals surface area contributed by atoms with Crippen LogP contribution in [0.4, 0.5) is 0 Å². The van der Waals surface area contributed by atoms with Gasteiger partial charge in [-0.05, 0) is 46.0 Å². The number of hydrogen-bond donors (Lipinski definition) is 3. The number of aliphatic carboxylic acids is 1. The Kier molecular flexibility index (Phi) is 26.2. The smallest absolute Gasteiger partial charge is 0.303 e. The van der Waals surface area contributed by atoms with Crippen molar-refractivity contribution >= 4 is 5.97 Å². The monoisotopic (exact) mass is 416 g/mol. The second-order valence-corrected chi connectivity index (χ2v) is 7.90. The molecule has 0 aliphatic heterocycles. The normalized spacial score (nSPS) is 13.1. The number of rotatable bonds is 19.